The third-order valence-corrected chi connectivity index (χ3v) is 2.13. The Kier molecular flexibility index (Phi) is 2.76. The lowest BCUT2D eigenvalue weighted by Gasteiger charge is -2.06. The largest absolute Gasteiger partial charge is 0.497 e. The minimum Gasteiger partial charge on any atom is -0.497 e. The number of hydrogen-bond donors (Lipinski definition) is 2. The van der Waals surface area contributed by atoms with Crippen LogP contribution in [-0.2, 0) is 0 Å². The summed E-state index contributed by atoms with van der Waals surface area (Å²) in [6.45, 7) is 1.88. The molecule has 5 heteroatoms. The lowest BCUT2D eigenvalue weighted by molar-refractivity contribution is 0.414. The number of halogens is 1. The molecule has 1 aromatic heterocycles. The maximum Gasteiger partial charge on any atom is 0.204 e. The number of ether oxygens (including phenoxy) is 1. The maximum atomic E-state index is 13.4. The summed E-state index contributed by atoms with van der Waals surface area (Å²) in [6, 6.07) is 4.48. The highest BCUT2D eigenvalue weighted by molar-refractivity contribution is 5.57. The lowest BCUT2D eigenvalue weighted by Crippen LogP contribution is -1.96. The van der Waals surface area contributed by atoms with Gasteiger partial charge in [0.25, 0.3) is 0 Å². The minimum atomic E-state index is -0.352. The summed E-state index contributed by atoms with van der Waals surface area (Å²) < 4.78 is 18.5. The molecule has 0 radical (unpaired) electrons. The van der Waals surface area contributed by atoms with Crippen molar-refractivity contribution in [2.75, 3.05) is 12.4 Å². The predicted molar refractivity (Wildman–Crippen MR) is 59.6 cm³/mol. The second-order valence-electron chi connectivity index (χ2n) is 3.39. The van der Waals surface area contributed by atoms with Gasteiger partial charge >= 0.3 is 0 Å². The smallest absolute Gasteiger partial charge is 0.204 e. The van der Waals surface area contributed by atoms with Crippen LogP contribution >= 0.6 is 0 Å². The molecule has 0 atom stereocenters. The molecule has 84 valence electrons. The Bertz CT molecular complexity index is 496. The van der Waals surface area contributed by atoms with Crippen LogP contribution in [0.1, 0.15) is 5.69 Å². The summed E-state index contributed by atoms with van der Waals surface area (Å²) in [5.74, 6) is 0.742. The second-order valence-corrected chi connectivity index (χ2v) is 3.39. The van der Waals surface area contributed by atoms with Crippen LogP contribution in [0.5, 0.6) is 5.75 Å². The molecule has 0 spiro atoms. The van der Waals surface area contributed by atoms with Gasteiger partial charge in [-0.1, -0.05) is 0 Å². The summed E-state index contributed by atoms with van der Waals surface area (Å²) >= 11 is 0. The number of H-pyrrole nitrogens is 1. The van der Waals surface area contributed by atoms with Gasteiger partial charge in [-0.15, -0.1) is 0 Å². The van der Waals surface area contributed by atoms with Crippen LogP contribution in [0.4, 0.5) is 16.0 Å². The molecule has 0 aliphatic rings. The van der Waals surface area contributed by atoms with Crippen LogP contribution in [0.15, 0.2) is 24.4 Å². The van der Waals surface area contributed by atoms with Gasteiger partial charge in [0.05, 0.1) is 12.8 Å². The van der Waals surface area contributed by atoms with Crippen LogP contribution in [0.25, 0.3) is 0 Å². The molecule has 4 nitrogen and oxygen atoms in total. The highest BCUT2D eigenvalue weighted by Crippen LogP contribution is 2.23. The highest BCUT2D eigenvalue weighted by Gasteiger charge is 2.05. The zero-order valence-corrected chi connectivity index (χ0v) is 9.04. The molecule has 0 bridgehead atoms. The van der Waals surface area contributed by atoms with Gasteiger partial charge in [0.15, 0.2) is 0 Å². The fraction of sp³-hybridized carbons (Fsp3) is 0.182. The number of aromatic nitrogens is 2. The third-order valence-electron chi connectivity index (χ3n) is 2.13. The number of methoxy groups -OCH3 is 1. The number of nitrogens with one attached hydrogen (secondary N) is 2. The number of benzene rings is 1. The van der Waals surface area contributed by atoms with E-state index in [0.29, 0.717) is 17.4 Å². The van der Waals surface area contributed by atoms with E-state index in [1.807, 2.05) is 6.92 Å². The van der Waals surface area contributed by atoms with E-state index in [0.717, 1.165) is 5.69 Å². The van der Waals surface area contributed by atoms with E-state index in [4.69, 9.17) is 4.74 Å². The predicted octanol–water partition coefficient (Wildman–Crippen LogP) is 2.61. The van der Waals surface area contributed by atoms with Crippen molar-refractivity contribution in [3.8, 4) is 5.75 Å². The Balaban J connectivity index is 2.26. The van der Waals surface area contributed by atoms with Crippen molar-refractivity contribution >= 4 is 11.6 Å². The molecular weight excluding hydrogens is 209 g/mol. The van der Waals surface area contributed by atoms with Crippen molar-refractivity contribution in [1.82, 2.24) is 9.97 Å². The van der Waals surface area contributed by atoms with Gasteiger partial charge in [-0.05, 0) is 19.1 Å². The minimum absolute atomic E-state index is 0.328. The summed E-state index contributed by atoms with van der Waals surface area (Å²) in [6.07, 6.45) is 1.67. The first-order chi connectivity index (χ1) is 7.69. The fourth-order valence-corrected chi connectivity index (χ4v) is 1.33. The molecule has 16 heavy (non-hydrogen) atoms. The Morgan fingerprint density at radius 2 is 2.25 bits per heavy atom. The lowest BCUT2D eigenvalue weighted by atomic mass is 10.3. The van der Waals surface area contributed by atoms with Gasteiger partial charge in [-0.25, -0.2) is 9.37 Å². The number of aromatic amines is 1. The first-order valence-corrected chi connectivity index (χ1v) is 4.81. The number of aryl methyl sites for hydroxylation is 1. The fourth-order valence-electron chi connectivity index (χ4n) is 1.33. The van der Waals surface area contributed by atoms with E-state index in [9.17, 15) is 4.39 Å². The molecule has 0 amide bonds. The SMILES string of the molecule is COc1ccc(F)c(Nc2ncc(C)[nH]2)c1. The monoisotopic (exact) mass is 221 g/mol. The Labute approximate surface area is 92.5 Å². The molecular formula is C11H12FN3O. The molecule has 0 aliphatic carbocycles. The Morgan fingerprint density at radius 3 is 2.88 bits per heavy atom. The topological polar surface area (TPSA) is 49.9 Å². The normalized spacial score (nSPS) is 10.2. The Morgan fingerprint density at radius 1 is 1.44 bits per heavy atom. The van der Waals surface area contributed by atoms with E-state index < -0.39 is 0 Å². The molecule has 0 fully saturated rings. The average Bonchev–Trinajstić information content (AvgIpc) is 2.67. The van der Waals surface area contributed by atoms with Crippen LogP contribution in [-0.4, -0.2) is 17.1 Å². The maximum absolute atomic E-state index is 13.4. The molecule has 2 N–H and O–H groups in total. The average molecular weight is 221 g/mol. The van der Waals surface area contributed by atoms with Crippen LogP contribution in [0, 0.1) is 12.7 Å². The summed E-state index contributed by atoms with van der Waals surface area (Å²) in [4.78, 5) is 6.99. The summed E-state index contributed by atoms with van der Waals surface area (Å²) in [5, 5.41) is 2.85. The first-order valence-electron chi connectivity index (χ1n) is 4.81. The first kappa shape index (κ1) is 10.5. The zero-order chi connectivity index (χ0) is 11.5. The molecule has 0 saturated carbocycles. The van der Waals surface area contributed by atoms with E-state index in [-0.39, 0.29) is 5.82 Å². The van der Waals surface area contributed by atoms with Crippen LogP contribution < -0.4 is 10.1 Å². The van der Waals surface area contributed by atoms with Crippen molar-refractivity contribution in [2.45, 2.75) is 6.92 Å². The highest BCUT2D eigenvalue weighted by atomic mass is 19.1. The number of hydrogen-bond acceptors (Lipinski definition) is 3. The van der Waals surface area contributed by atoms with Gasteiger partial charge in [0, 0.05) is 18.0 Å². The van der Waals surface area contributed by atoms with Crippen molar-refractivity contribution in [1.29, 1.82) is 0 Å². The van der Waals surface area contributed by atoms with E-state index in [1.54, 1.807) is 18.3 Å². The van der Waals surface area contributed by atoms with E-state index >= 15 is 0 Å². The number of imidazole rings is 1. The van der Waals surface area contributed by atoms with Gasteiger partial charge < -0.3 is 15.0 Å². The zero-order valence-electron chi connectivity index (χ0n) is 9.04. The molecule has 2 aromatic rings. The summed E-state index contributed by atoms with van der Waals surface area (Å²) in [5.41, 5.74) is 1.24. The number of nitrogens with zero attached hydrogens (tertiary/aromatic N) is 1. The van der Waals surface area contributed by atoms with Crippen LogP contribution in [0.2, 0.25) is 0 Å². The molecule has 1 heterocycles. The van der Waals surface area contributed by atoms with Gasteiger partial charge in [-0.3, -0.25) is 0 Å². The molecule has 1 aromatic carbocycles. The molecule has 0 unspecified atom stereocenters. The van der Waals surface area contributed by atoms with Gasteiger partial charge in [0.2, 0.25) is 5.95 Å². The number of rotatable bonds is 3. The quantitative estimate of drug-likeness (QED) is 0.837. The van der Waals surface area contributed by atoms with Gasteiger partial charge in [-0.2, -0.15) is 0 Å². The molecule has 2 rings (SSSR count). The van der Waals surface area contributed by atoms with Crippen molar-refractivity contribution in [3.63, 3.8) is 0 Å². The van der Waals surface area contributed by atoms with Crippen molar-refractivity contribution < 1.29 is 9.13 Å². The van der Waals surface area contributed by atoms with E-state index in [2.05, 4.69) is 15.3 Å². The Hall–Kier alpha value is -2.04. The van der Waals surface area contributed by atoms with Crippen molar-refractivity contribution in [3.05, 3.63) is 35.9 Å². The summed E-state index contributed by atoms with van der Waals surface area (Å²) in [7, 11) is 1.54. The third kappa shape index (κ3) is 2.13. The number of anilines is 2. The molecule has 0 aliphatic heterocycles. The standard InChI is InChI=1S/C11H12FN3O/c1-7-6-13-11(14-7)15-10-5-8(16-2)3-4-9(10)12/h3-6H,1-2H3,(H2,13,14,15). The van der Waals surface area contributed by atoms with E-state index in [1.165, 1.54) is 13.2 Å². The van der Waals surface area contributed by atoms with Crippen LogP contribution in [0.3, 0.4) is 0 Å². The second kappa shape index (κ2) is 4.22. The van der Waals surface area contributed by atoms with Crippen molar-refractivity contribution in [2.24, 2.45) is 0 Å². The van der Waals surface area contributed by atoms with Gasteiger partial charge in [0.1, 0.15) is 11.6 Å². The molecule has 0 saturated heterocycles.